The average molecular weight is 291 g/mol. The van der Waals surface area contributed by atoms with Crippen molar-refractivity contribution in [2.75, 3.05) is 5.32 Å². The Morgan fingerprint density at radius 3 is 2.68 bits per heavy atom. The van der Waals surface area contributed by atoms with Gasteiger partial charge in [-0.1, -0.05) is 12.1 Å². The Balaban J connectivity index is 1.85. The number of hydrogen-bond donors (Lipinski definition) is 1. The van der Waals surface area contributed by atoms with Crippen LogP contribution in [0.1, 0.15) is 29.8 Å². The number of hydrogen-bond acceptors (Lipinski definition) is 4. The number of nitrogens with zero attached hydrogens (tertiary/aromatic N) is 4. The summed E-state index contributed by atoms with van der Waals surface area (Å²) in [6.07, 6.45) is 1.82. The molecule has 0 saturated heterocycles. The number of benzene rings is 1. The summed E-state index contributed by atoms with van der Waals surface area (Å²) in [5, 5.41) is 17.7. The lowest BCUT2D eigenvalue weighted by atomic mass is 10.1. The van der Waals surface area contributed by atoms with Crippen molar-refractivity contribution in [1.82, 2.24) is 14.8 Å². The zero-order chi connectivity index (χ0) is 15.7. The molecule has 3 aromatic rings. The minimum absolute atomic E-state index is 0.129. The molecule has 110 valence electrons. The van der Waals surface area contributed by atoms with Gasteiger partial charge in [-0.05, 0) is 37.6 Å². The first kappa shape index (κ1) is 14.1. The van der Waals surface area contributed by atoms with E-state index in [1.165, 1.54) is 0 Å². The Kier molecular flexibility index (Phi) is 3.51. The Morgan fingerprint density at radius 2 is 2.00 bits per heavy atom. The molecule has 22 heavy (non-hydrogen) atoms. The zero-order valence-electron chi connectivity index (χ0n) is 12.8. The lowest BCUT2D eigenvalue weighted by molar-refractivity contribution is 0.773. The van der Waals surface area contributed by atoms with E-state index in [4.69, 9.17) is 5.26 Å². The SMILES string of the molecule is Cc1nn(C)c2ncc(N[C@@H](C)c3ccc(C#N)cc3)cc12. The van der Waals surface area contributed by atoms with Gasteiger partial charge < -0.3 is 5.32 Å². The molecule has 0 bridgehead atoms. The van der Waals surface area contributed by atoms with Gasteiger partial charge >= 0.3 is 0 Å². The molecule has 0 aliphatic carbocycles. The van der Waals surface area contributed by atoms with E-state index in [2.05, 4.69) is 34.5 Å². The topological polar surface area (TPSA) is 66.5 Å². The molecule has 0 aliphatic heterocycles. The fourth-order valence-electron chi connectivity index (χ4n) is 2.57. The van der Waals surface area contributed by atoms with Crippen LogP contribution in [0.4, 0.5) is 5.69 Å². The van der Waals surface area contributed by atoms with Gasteiger partial charge in [-0.2, -0.15) is 10.4 Å². The van der Waals surface area contributed by atoms with Gasteiger partial charge in [-0.15, -0.1) is 0 Å². The van der Waals surface area contributed by atoms with E-state index in [-0.39, 0.29) is 6.04 Å². The Bertz CT molecular complexity index is 855. The highest BCUT2D eigenvalue weighted by atomic mass is 15.3. The fourth-order valence-corrected chi connectivity index (χ4v) is 2.57. The maximum atomic E-state index is 8.85. The molecule has 0 saturated carbocycles. The predicted molar refractivity (Wildman–Crippen MR) is 86.4 cm³/mol. The van der Waals surface area contributed by atoms with Crippen molar-refractivity contribution in [1.29, 1.82) is 5.26 Å². The molecule has 0 amide bonds. The normalized spacial score (nSPS) is 12.1. The highest BCUT2D eigenvalue weighted by Gasteiger charge is 2.09. The monoisotopic (exact) mass is 291 g/mol. The van der Waals surface area contributed by atoms with Crippen LogP contribution in [0.25, 0.3) is 11.0 Å². The average Bonchev–Trinajstić information content (AvgIpc) is 2.81. The lowest BCUT2D eigenvalue weighted by Crippen LogP contribution is -2.07. The van der Waals surface area contributed by atoms with Crippen LogP contribution in [-0.2, 0) is 7.05 Å². The Labute approximate surface area is 129 Å². The summed E-state index contributed by atoms with van der Waals surface area (Å²) in [6.45, 7) is 4.07. The molecule has 0 aliphatic rings. The first-order valence-electron chi connectivity index (χ1n) is 7.14. The van der Waals surface area contributed by atoms with E-state index in [0.29, 0.717) is 5.56 Å². The smallest absolute Gasteiger partial charge is 0.157 e. The highest BCUT2D eigenvalue weighted by molar-refractivity contribution is 5.81. The highest BCUT2D eigenvalue weighted by Crippen LogP contribution is 2.23. The molecule has 5 nitrogen and oxygen atoms in total. The molecule has 5 heteroatoms. The largest absolute Gasteiger partial charge is 0.377 e. The van der Waals surface area contributed by atoms with Crippen LogP contribution < -0.4 is 5.32 Å². The number of pyridine rings is 1. The van der Waals surface area contributed by atoms with Crippen molar-refractivity contribution >= 4 is 16.7 Å². The molecule has 0 spiro atoms. The van der Waals surface area contributed by atoms with Crippen LogP contribution in [0, 0.1) is 18.3 Å². The molecule has 0 radical (unpaired) electrons. The van der Waals surface area contributed by atoms with Crippen LogP contribution >= 0.6 is 0 Å². The van der Waals surface area contributed by atoms with Gasteiger partial charge in [0.25, 0.3) is 0 Å². The summed E-state index contributed by atoms with van der Waals surface area (Å²) in [5.74, 6) is 0. The molecule has 1 atom stereocenters. The molecule has 1 aromatic carbocycles. The number of fused-ring (bicyclic) bond motifs is 1. The van der Waals surface area contributed by atoms with Gasteiger partial charge in [0, 0.05) is 18.5 Å². The molecular formula is C17H17N5. The van der Waals surface area contributed by atoms with Gasteiger partial charge in [-0.3, -0.25) is 4.68 Å². The molecule has 2 aromatic heterocycles. The third-order valence-corrected chi connectivity index (χ3v) is 3.79. The number of anilines is 1. The van der Waals surface area contributed by atoms with Crippen LogP contribution in [0.5, 0.6) is 0 Å². The van der Waals surface area contributed by atoms with Crippen molar-refractivity contribution in [3.8, 4) is 6.07 Å². The van der Waals surface area contributed by atoms with Crippen LogP contribution in [-0.4, -0.2) is 14.8 Å². The summed E-state index contributed by atoms with van der Waals surface area (Å²) < 4.78 is 1.79. The van der Waals surface area contributed by atoms with E-state index in [9.17, 15) is 0 Å². The third kappa shape index (κ3) is 2.51. The van der Waals surface area contributed by atoms with Crippen molar-refractivity contribution < 1.29 is 0 Å². The van der Waals surface area contributed by atoms with E-state index in [1.54, 1.807) is 4.68 Å². The summed E-state index contributed by atoms with van der Waals surface area (Å²) in [6, 6.07) is 11.9. The maximum Gasteiger partial charge on any atom is 0.157 e. The minimum Gasteiger partial charge on any atom is -0.377 e. The second-order valence-corrected chi connectivity index (χ2v) is 5.40. The Hall–Kier alpha value is -2.87. The van der Waals surface area contributed by atoms with Crippen molar-refractivity contribution in [3.05, 3.63) is 53.3 Å². The minimum atomic E-state index is 0.129. The first-order chi connectivity index (χ1) is 10.6. The predicted octanol–water partition coefficient (Wildman–Crippen LogP) is 3.32. The van der Waals surface area contributed by atoms with Crippen molar-refractivity contribution in [3.63, 3.8) is 0 Å². The molecule has 3 rings (SSSR count). The number of aromatic nitrogens is 3. The molecule has 0 fully saturated rings. The van der Waals surface area contributed by atoms with E-state index >= 15 is 0 Å². The summed E-state index contributed by atoms with van der Waals surface area (Å²) in [4.78, 5) is 4.47. The number of rotatable bonds is 3. The fraction of sp³-hybridized carbons (Fsp3) is 0.235. The molecule has 2 heterocycles. The third-order valence-electron chi connectivity index (χ3n) is 3.79. The van der Waals surface area contributed by atoms with Gasteiger partial charge in [-0.25, -0.2) is 4.98 Å². The van der Waals surface area contributed by atoms with E-state index in [0.717, 1.165) is 28.0 Å². The van der Waals surface area contributed by atoms with Crippen LogP contribution in [0.3, 0.4) is 0 Å². The maximum absolute atomic E-state index is 8.85. The van der Waals surface area contributed by atoms with Gasteiger partial charge in [0.1, 0.15) is 0 Å². The van der Waals surface area contributed by atoms with Crippen LogP contribution in [0.2, 0.25) is 0 Å². The lowest BCUT2D eigenvalue weighted by Gasteiger charge is -2.15. The second kappa shape index (κ2) is 5.49. The van der Waals surface area contributed by atoms with Crippen molar-refractivity contribution in [2.45, 2.75) is 19.9 Å². The number of nitriles is 1. The van der Waals surface area contributed by atoms with E-state index < -0.39 is 0 Å². The summed E-state index contributed by atoms with van der Waals surface area (Å²) in [5.41, 5.74) is 4.61. The van der Waals surface area contributed by atoms with Gasteiger partial charge in [0.15, 0.2) is 5.65 Å². The van der Waals surface area contributed by atoms with Gasteiger partial charge in [0.2, 0.25) is 0 Å². The first-order valence-corrected chi connectivity index (χ1v) is 7.14. The second-order valence-electron chi connectivity index (χ2n) is 5.40. The van der Waals surface area contributed by atoms with E-state index in [1.807, 2.05) is 44.4 Å². The standard InChI is InChI=1S/C17H17N5/c1-11(14-6-4-13(9-18)5-7-14)20-15-8-16-12(2)21-22(3)17(16)19-10-15/h4-8,10-11,20H,1-3H3/t11-/m0/s1. The number of nitrogens with one attached hydrogen (secondary N) is 1. The molecular weight excluding hydrogens is 274 g/mol. The summed E-state index contributed by atoms with van der Waals surface area (Å²) in [7, 11) is 1.90. The number of aryl methyl sites for hydroxylation is 2. The zero-order valence-corrected chi connectivity index (χ0v) is 12.8. The van der Waals surface area contributed by atoms with Gasteiger partial charge in [0.05, 0.1) is 29.2 Å². The molecule has 1 N–H and O–H groups in total. The quantitative estimate of drug-likeness (QED) is 0.804. The Morgan fingerprint density at radius 1 is 1.27 bits per heavy atom. The van der Waals surface area contributed by atoms with Crippen LogP contribution in [0.15, 0.2) is 36.5 Å². The van der Waals surface area contributed by atoms with Crippen molar-refractivity contribution in [2.24, 2.45) is 7.05 Å². The summed E-state index contributed by atoms with van der Waals surface area (Å²) >= 11 is 0. The molecule has 0 unspecified atom stereocenters.